The fourth-order valence-corrected chi connectivity index (χ4v) is 0. The summed E-state index contributed by atoms with van der Waals surface area (Å²) in [6.45, 7) is 0. The van der Waals surface area contributed by atoms with Gasteiger partial charge in [-0.05, 0) is 0 Å². The van der Waals surface area contributed by atoms with Crippen LogP contribution in [-0.4, -0.2) is 17.4 Å². The Balaban J connectivity index is 0. The largest absolute Gasteiger partial charge is 6.00 e. The second-order valence-electron chi connectivity index (χ2n) is 0. The first-order chi connectivity index (χ1) is 0. The van der Waals surface area contributed by atoms with Crippen LogP contribution in [0.15, 0.2) is 0 Å². The minimum absolute atomic E-state index is 0. The number of hydrogen-bond acceptors (Lipinski definition) is 0. The molecule has 0 rings (SSSR count). The molecular formula is AlO3W. The molecule has 5 heavy (non-hydrogen) atoms. The zero-order chi connectivity index (χ0) is 0. The van der Waals surface area contributed by atoms with Crippen LogP contribution in [0.25, 0.3) is 0 Å². The summed E-state index contributed by atoms with van der Waals surface area (Å²) in [5.41, 5.74) is 0. The van der Waals surface area contributed by atoms with Crippen LogP contribution in [0.3, 0.4) is 0 Å². The van der Waals surface area contributed by atoms with E-state index in [0.717, 1.165) is 0 Å². The van der Waals surface area contributed by atoms with Gasteiger partial charge >= 0.3 is 21.1 Å². The van der Waals surface area contributed by atoms with Gasteiger partial charge in [0.25, 0.3) is 0 Å². The quantitative estimate of drug-likeness (QED) is 0.513. The van der Waals surface area contributed by atoms with Crippen LogP contribution < -0.4 is 0 Å². The molecule has 0 aromatic rings. The second kappa shape index (κ2) is 70.8. The topological polar surface area (TPSA) is 85.5 Å². The Kier molecular flexibility index (Phi) is 1850. The molecule has 0 aliphatic heterocycles. The number of rotatable bonds is 0. The second-order valence-corrected chi connectivity index (χ2v) is 0. The smallest absolute Gasteiger partial charge is 2.00 e. The van der Waals surface area contributed by atoms with E-state index >= 15 is 0 Å². The van der Waals surface area contributed by atoms with E-state index in [-0.39, 0.29) is 54.9 Å². The average Bonchev–Trinajstić information content (AvgIpc) is 0. The molecule has 0 aromatic carbocycles. The first-order valence-corrected chi connectivity index (χ1v) is 0. The molecule has 0 unspecified atom stereocenters. The molecule has 0 bridgehead atoms. The molecule has 5 heteroatoms. The van der Waals surface area contributed by atoms with Crippen molar-refractivity contribution in [2.24, 2.45) is 0 Å². The normalized spacial score (nSPS) is 0. The zero-order valence-electron chi connectivity index (χ0n) is 2.21. The summed E-state index contributed by atoms with van der Waals surface area (Å²) in [5, 5.41) is 0. The molecule has 0 atom stereocenters. The van der Waals surface area contributed by atoms with Crippen molar-refractivity contribution < 1.29 is 37.5 Å². The van der Waals surface area contributed by atoms with Crippen LogP contribution >= 0.6 is 0 Å². The van der Waals surface area contributed by atoms with Crippen molar-refractivity contribution in [3.8, 4) is 0 Å². The molecule has 0 aliphatic carbocycles. The minimum Gasteiger partial charge on any atom is -2.00 e. The van der Waals surface area contributed by atoms with Gasteiger partial charge in [-0.3, -0.25) is 0 Å². The Labute approximate surface area is 55.1 Å². The molecule has 0 aromatic heterocycles. The molecule has 0 saturated heterocycles. The van der Waals surface area contributed by atoms with Gasteiger partial charge in [-0.25, -0.2) is 0 Å². The summed E-state index contributed by atoms with van der Waals surface area (Å²) >= 11 is 0. The van der Waals surface area contributed by atoms with Crippen LogP contribution in [0.5, 0.6) is 0 Å². The van der Waals surface area contributed by atoms with Crippen molar-refractivity contribution >= 4 is 17.4 Å². The van der Waals surface area contributed by atoms with E-state index in [9.17, 15) is 0 Å². The van der Waals surface area contributed by atoms with Crippen molar-refractivity contribution in [2.45, 2.75) is 0 Å². The van der Waals surface area contributed by atoms with Gasteiger partial charge in [0.2, 0.25) is 0 Å². The summed E-state index contributed by atoms with van der Waals surface area (Å²) in [6.07, 6.45) is 0. The Bertz CT molecular complexity index is 6.85. The van der Waals surface area contributed by atoms with Crippen LogP contribution in [-0.2, 0) is 37.5 Å². The third kappa shape index (κ3) is 40.5. The Morgan fingerprint density at radius 3 is 0.600 bits per heavy atom. The van der Waals surface area contributed by atoms with E-state index < -0.39 is 0 Å². The van der Waals surface area contributed by atoms with E-state index in [4.69, 9.17) is 0 Å². The maximum Gasteiger partial charge on any atom is 6.00 e. The Morgan fingerprint density at radius 1 is 0.600 bits per heavy atom. The van der Waals surface area contributed by atoms with E-state index in [1.165, 1.54) is 0 Å². The summed E-state index contributed by atoms with van der Waals surface area (Å²) < 4.78 is 0. The fraction of sp³-hybridized carbons (Fsp3) is 0. The van der Waals surface area contributed by atoms with Crippen molar-refractivity contribution in [2.75, 3.05) is 0 Å². The van der Waals surface area contributed by atoms with Gasteiger partial charge in [-0.15, -0.1) is 0 Å². The van der Waals surface area contributed by atoms with Gasteiger partial charge < -0.3 is 16.4 Å². The van der Waals surface area contributed by atoms with Crippen LogP contribution in [0.1, 0.15) is 0 Å². The summed E-state index contributed by atoms with van der Waals surface area (Å²) in [7, 11) is 0. The summed E-state index contributed by atoms with van der Waals surface area (Å²) in [4.78, 5) is 0. The van der Waals surface area contributed by atoms with Crippen LogP contribution in [0, 0.1) is 0 Å². The Morgan fingerprint density at radius 2 is 0.600 bits per heavy atom. The molecule has 0 N–H and O–H groups in total. The summed E-state index contributed by atoms with van der Waals surface area (Å²) in [6, 6.07) is 0. The first kappa shape index (κ1) is 131. The molecule has 27 valence electrons. The molecule has 0 amide bonds. The third-order valence-corrected chi connectivity index (χ3v) is 0. The Hall–Kier alpha value is 1.10. The van der Waals surface area contributed by atoms with E-state index in [0.29, 0.717) is 0 Å². The molecule has 0 spiro atoms. The van der Waals surface area contributed by atoms with E-state index in [1.807, 2.05) is 0 Å². The van der Waals surface area contributed by atoms with Crippen molar-refractivity contribution in [3.63, 3.8) is 0 Å². The van der Waals surface area contributed by atoms with Gasteiger partial charge in [0, 0.05) is 17.4 Å². The molecule has 3 nitrogen and oxygen atoms in total. The van der Waals surface area contributed by atoms with Gasteiger partial charge in [-0.1, -0.05) is 0 Å². The monoisotopic (exact) mass is 259 g/mol. The maximum atomic E-state index is 0. The third-order valence-electron chi connectivity index (χ3n) is 0. The van der Waals surface area contributed by atoms with Crippen molar-refractivity contribution in [3.05, 3.63) is 0 Å². The predicted molar refractivity (Wildman–Crippen MR) is 7.81 cm³/mol. The van der Waals surface area contributed by atoms with Crippen molar-refractivity contribution in [1.82, 2.24) is 0 Å². The maximum absolute atomic E-state index is 0. The summed E-state index contributed by atoms with van der Waals surface area (Å²) in [5.74, 6) is 0. The molecule has 0 aliphatic rings. The standard InChI is InChI=1S/Al.3O.W/q;3*-2;+6. The SMILES string of the molecule is [Al].[O-2].[O-2].[O-2].[W+6]. The average molecular weight is 259 g/mol. The molecule has 0 fully saturated rings. The molecule has 3 radical (unpaired) electrons. The van der Waals surface area contributed by atoms with Gasteiger partial charge in [0.15, 0.2) is 0 Å². The zero-order valence-corrected chi connectivity index (χ0v) is 6.30. The van der Waals surface area contributed by atoms with Crippen LogP contribution in [0.4, 0.5) is 0 Å². The van der Waals surface area contributed by atoms with Gasteiger partial charge in [-0.2, -0.15) is 0 Å². The fourth-order valence-electron chi connectivity index (χ4n) is 0. The molecule has 0 heterocycles. The molecule has 0 saturated carbocycles. The minimum atomic E-state index is 0. The molecular weight excluding hydrogens is 259 g/mol. The van der Waals surface area contributed by atoms with Crippen molar-refractivity contribution in [1.29, 1.82) is 0 Å². The van der Waals surface area contributed by atoms with Gasteiger partial charge in [0.1, 0.15) is 0 Å². The van der Waals surface area contributed by atoms with E-state index in [2.05, 4.69) is 0 Å². The first-order valence-electron chi connectivity index (χ1n) is 0. The van der Waals surface area contributed by atoms with Crippen LogP contribution in [0.2, 0.25) is 0 Å². The van der Waals surface area contributed by atoms with E-state index in [1.54, 1.807) is 0 Å². The number of hydrogen-bond donors (Lipinski definition) is 0. The predicted octanol–water partition coefficient (Wildman–Crippen LogP) is -0.740. The van der Waals surface area contributed by atoms with Gasteiger partial charge in [0.05, 0.1) is 0 Å².